The van der Waals surface area contributed by atoms with Crippen LogP contribution in [0.1, 0.15) is 98.8 Å². The van der Waals surface area contributed by atoms with Crippen LogP contribution in [0.4, 0.5) is 0 Å². The van der Waals surface area contributed by atoms with E-state index in [4.69, 9.17) is 0 Å². The van der Waals surface area contributed by atoms with E-state index in [1.165, 1.54) is 56.9 Å². The molecule has 3 aliphatic rings. The molecule has 0 unspecified atom stereocenters. The van der Waals surface area contributed by atoms with Crippen LogP contribution in [0.3, 0.4) is 0 Å². The van der Waals surface area contributed by atoms with Gasteiger partial charge in [0, 0.05) is 0 Å². The van der Waals surface area contributed by atoms with Crippen molar-refractivity contribution >= 4 is 0 Å². The van der Waals surface area contributed by atoms with Crippen LogP contribution >= 0.6 is 0 Å². The van der Waals surface area contributed by atoms with Crippen molar-refractivity contribution in [3.05, 3.63) is 35.5 Å². The van der Waals surface area contributed by atoms with Gasteiger partial charge in [0.05, 0.1) is 6.10 Å². The van der Waals surface area contributed by atoms with Gasteiger partial charge in [-0.1, -0.05) is 78.2 Å². The second-order valence-corrected chi connectivity index (χ2v) is 11.4. The van der Waals surface area contributed by atoms with E-state index >= 15 is 0 Å². The van der Waals surface area contributed by atoms with Crippen molar-refractivity contribution in [1.82, 2.24) is 0 Å². The first-order valence-electron chi connectivity index (χ1n) is 12.5. The molecule has 29 heavy (non-hydrogen) atoms. The van der Waals surface area contributed by atoms with E-state index < -0.39 is 0 Å². The van der Waals surface area contributed by atoms with Gasteiger partial charge in [-0.2, -0.15) is 0 Å². The van der Waals surface area contributed by atoms with Gasteiger partial charge >= 0.3 is 0 Å². The van der Waals surface area contributed by atoms with E-state index in [-0.39, 0.29) is 6.10 Å². The van der Waals surface area contributed by atoms with Gasteiger partial charge in [-0.15, -0.1) is 0 Å². The molecular formula is C28H46O. The molecule has 0 aromatic carbocycles. The quantitative estimate of drug-likeness (QED) is 0.482. The van der Waals surface area contributed by atoms with Gasteiger partial charge in [0.1, 0.15) is 0 Å². The van der Waals surface area contributed by atoms with Crippen LogP contribution in [0, 0.1) is 35.0 Å². The summed E-state index contributed by atoms with van der Waals surface area (Å²) in [6.45, 7) is 16.3. The molecule has 6 atom stereocenters. The fraction of sp³-hybridized carbons (Fsp3) is 0.786. The molecule has 0 aliphatic heterocycles. The van der Waals surface area contributed by atoms with E-state index in [1.807, 2.05) is 0 Å². The lowest BCUT2D eigenvalue weighted by Gasteiger charge is -2.44. The highest BCUT2D eigenvalue weighted by Crippen LogP contribution is 2.60. The third-order valence-electron chi connectivity index (χ3n) is 8.67. The van der Waals surface area contributed by atoms with Crippen LogP contribution in [0.5, 0.6) is 0 Å². The molecule has 0 saturated heterocycles. The summed E-state index contributed by atoms with van der Waals surface area (Å²) in [5.41, 5.74) is 4.42. The van der Waals surface area contributed by atoms with E-state index in [1.54, 1.807) is 5.57 Å². The standard InChI is InChI=1S/C28H46O/c1-19(2)9-7-10-21(4)25-14-15-26-23(11-8-16-28(25,26)6)12-13-24-17-20(3)18-27(29)22(24)5/h12-13,19-21,25-27,29H,5,7-11,14-18H2,1-4,6H3/b23-12+,24-13+/t20-,21-,25-,26+,27+,28-/m1/s1. The molecule has 0 aromatic rings. The minimum absolute atomic E-state index is 0.345. The molecule has 1 nitrogen and oxygen atoms in total. The smallest absolute Gasteiger partial charge is 0.0789 e. The molecule has 3 rings (SSSR count). The first kappa shape index (κ1) is 22.9. The van der Waals surface area contributed by atoms with Gasteiger partial charge in [0.15, 0.2) is 0 Å². The van der Waals surface area contributed by atoms with Crippen LogP contribution < -0.4 is 0 Å². The maximum Gasteiger partial charge on any atom is 0.0789 e. The van der Waals surface area contributed by atoms with Gasteiger partial charge < -0.3 is 5.11 Å². The molecular weight excluding hydrogens is 352 g/mol. The third kappa shape index (κ3) is 5.09. The number of aliphatic hydroxyl groups excluding tert-OH is 1. The monoisotopic (exact) mass is 398 g/mol. The van der Waals surface area contributed by atoms with Crippen LogP contribution in [0.2, 0.25) is 0 Å². The van der Waals surface area contributed by atoms with E-state index in [0.29, 0.717) is 11.3 Å². The second-order valence-electron chi connectivity index (χ2n) is 11.4. The van der Waals surface area contributed by atoms with Gasteiger partial charge in [0.25, 0.3) is 0 Å². The molecule has 0 amide bonds. The summed E-state index contributed by atoms with van der Waals surface area (Å²) >= 11 is 0. The van der Waals surface area contributed by atoms with Crippen molar-refractivity contribution in [1.29, 1.82) is 0 Å². The Morgan fingerprint density at radius 2 is 1.93 bits per heavy atom. The molecule has 0 bridgehead atoms. The number of rotatable bonds is 6. The lowest BCUT2D eigenvalue weighted by atomic mass is 9.60. The summed E-state index contributed by atoms with van der Waals surface area (Å²) in [6.07, 6.45) is 17.4. The predicted octanol–water partition coefficient (Wildman–Crippen LogP) is 7.87. The number of fused-ring (bicyclic) bond motifs is 1. The Morgan fingerprint density at radius 3 is 2.66 bits per heavy atom. The SMILES string of the molecule is C=C1/C(=C/C=C2\CCC[C@]3(C)[C@@H]([C@H](C)CCCC(C)C)CC[C@@H]23)C[C@@H](C)C[C@@H]1O. The number of allylic oxidation sites excluding steroid dienone is 3. The largest absolute Gasteiger partial charge is 0.388 e. The van der Waals surface area contributed by atoms with E-state index in [9.17, 15) is 5.11 Å². The van der Waals surface area contributed by atoms with Crippen molar-refractivity contribution in [3.63, 3.8) is 0 Å². The third-order valence-corrected chi connectivity index (χ3v) is 8.67. The molecule has 3 saturated carbocycles. The first-order valence-corrected chi connectivity index (χ1v) is 12.5. The molecule has 0 spiro atoms. The number of hydrogen-bond donors (Lipinski definition) is 1. The zero-order valence-corrected chi connectivity index (χ0v) is 19.8. The Balaban J connectivity index is 1.71. The topological polar surface area (TPSA) is 20.2 Å². The van der Waals surface area contributed by atoms with Crippen molar-refractivity contribution in [2.45, 2.75) is 105 Å². The van der Waals surface area contributed by atoms with Crippen molar-refractivity contribution in [3.8, 4) is 0 Å². The average molecular weight is 399 g/mol. The molecule has 1 N–H and O–H groups in total. The maximum absolute atomic E-state index is 10.3. The molecule has 3 aliphatic carbocycles. The van der Waals surface area contributed by atoms with Crippen LogP contribution in [-0.4, -0.2) is 11.2 Å². The fourth-order valence-electron chi connectivity index (χ4n) is 6.97. The Kier molecular flexibility index (Phi) is 7.52. The zero-order chi connectivity index (χ0) is 21.2. The highest BCUT2D eigenvalue weighted by molar-refractivity contribution is 5.38. The van der Waals surface area contributed by atoms with Crippen molar-refractivity contribution in [2.75, 3.05) is 0 Å². The summed E-state index contributed by atoms with van der Waals surface area (Å²) < 4.78 is 0. The van der Waals surface area contributed by atoms with Crippen molar-refractivity contribution < 1.29 is 5.11 Å². The molecule has 164 valence electrons. The second kappa shape index (κ2) is 9.54. The molecule has 0 heterocycles. The maximum atomic E-state index is 10.3. The zero-order valence-electron chi connectivity index (χ0n) is 19.8. The van der Waals surface area contributed by atoms with E-state index in [2.05, 4.69) is 53.3 Å². The molecule has 0 radical (unpaired) electrons. The highest BCUT2D eigenvalue weighted by Gasteiger charge is 2.50. The number of aliphatic hydroxyl groups is 1. The van der Waals surface area contributed by atoms with Crippen molar-refractivity contribution in [2.24, 2.45) is 35.0 Å². The summed E-state index contributed by atoms with van der Waals surface area (Å²) in [4.78, 5) is 0. The van der Waals surface area contributed by atoms with E-state index in [0.717, 1.165) is 42.1 Å². The van der Waals surface area contributed by atoms with Crippen LogP contribution in [-0.2, 0) is 0 Å². The number of hydrogen-bond acceptors (Lipinski definition) is 1. The molecule has 3 fully saturated rings. The lowest BCUT2D eigenvalue weighted by Crippen LogP contribution is -2.36. The summed E-state index contributed by atoms with van der Waals surface area (Å²) in [7, 11) is 0. The minimum atomic E-state index is -0.345. The Bertz CT molecular complexity index is 639. The van der Waals surface area contributed by atoms with Gasteiger partial charge in [-0.3, -0.25) is 0 Å². The Morgan fingerprint density at radius 1 is 1.17 bits per heavy atom. The average Bonchev–Trinajstić information content (AvgIpc) is 3.00. The van der Waals surface area contributed by atoms with Gasteiger partial charge in [-0.05, 0) is 91.1 Å². The predicted molar refractivity (Wildman–Crippen MR) is 126 cm³/mol. The normalized spacial score (nSPS) is 39.3. The lowest BCUT2D eigenvalue weighted by molar-refractivity contribution is 0.0929. The summed E-state index contributed by atoms with van der Waals surface area (Å²) in [5.74, 6) is 3.91. The molecule has 0 aromatic heterocycles. The summed E-state index contributed by atoms with van der Waals surface area (Å²) in [5, 5.41) is 10.3. The minimum Gasteiger partial charge on any atom is -0.388 e. The first-order chi connectivity index (χ1) is 13.7. The fourth-order valence-corrected chi connectivity index (χ4v) is 6.97. The molecule has 1 heteroatoms. The Labute approximate surface area is 180 Å². The van der Waals surface area contributed by atoms with Crippen LogP contribution in [0.25, 0.3) is 0 Å². The van der Waals surface area contributed by atoms with Crippen LogP contribution in [0.15, 0.2) is 35.5 Å². The highest BCUT2D eigenvalue weighted by atomic mass is 16.3. The van der Waals surface area contributed by atoms with Gasteiger partial charge in [-0.25, -0.2) is 0 Å². The summed E-state index contributed by atoms with van der Waals surface area (Å²) in [6, 6.07) is 0. The Hall–Kier alpha value is -0.820. The van der Waals surface area contributed by atoms with Gasteiger partial charge in [0.2, 0.25) is 0 Å².